The van der Waals surface area contributed by atoms with Gasteiger partial charge >= 0.3 is 0 Å². The maximum Gasteiger partial charge on any atom is 0.127 e. The lowest BCUT2D eigenvalue weighted by atomic mass is 10.0. The Labute approximate surface area is 117 Å². The number of piperazine rings is 1. The minimum atomic E-state index is -0.702. The molecule has 0 unspecified atom stereocenters. The highest BCUT2D eigenvalue weighted by atomic mass is 35.5. The number of nitrogens with zero attached hydrogens (tertiary/aromatic N) is 1. The van der Waals surface area contributed by atoms with Crippen LogP contribution < -0.4 is 5.32 Å². The number of aromatic hydroxyl groups is 3. The largest absolute Gasteiger partial charge is 0.508 e. The summed E-state index contributed by atoms with van der Waals surface area (Å²) in [6, 6.07) is 1.53. The fraction of sp³-hybridized carbons (Fsp3) is 0.500. The molecule has 0 bridgehead atoms. The van der Waals surface area contributed by atoms with Crippen LogP contribution in [-0.4, -0.2) is 53.1 Å². The van der Waals surface area contributed by atoms with Crippen molar-refractivity contribution in [3.63, 3.8) is 0 Å². The second-order valence-electron chi connectivity index (χ2n) is 4.35. The van der Waals surface area contributed by atoms with Crippen LogP contribution in [-0.2, 0) is 0 Å². The molecule has 1 saturated heterocycles. The zero-order chi connectivity index (χ0) is 13.1. The van der Waals surface area contributed by atoms with Gasteiger partial charge in [-0.25, -0.2) is 4.39 Å². The van der Waals surface area contributed by atoms with Crippen LogP contribution in [0.25, 0.3) is 0 Å². The Morgan fingerprint density at radius 1 is 1.16 bits per heavy atom. The molecule has 0 aromatic heterocycles. The van der Waals surface area contributed by atoms with Crippen molar-refractivity contribution in [1.82, 2.24) is 10.2 Å². The van der Waals surface area contributed by atoms with Gasteiger partial charge in [-0.2, -0.15) is 0 Å². The van der Waals surface area contributed by atoms with Gasteiger partial charge in [-0.15, -0.1) is 12.4 Å². The van der Waals surface area contributed by atoms with Gasteiger partial charge in [-0.3, -0.25) is 4.90 Å². The Balaban J connectivity index is 0.00000180. The van der Waals surface area contributed by atoms with E-state index in [0.717, 1.165) is 25.2 Å². The van der Waals surface area contributed by atoms with Gasteiger partial charge < -0.3 is 20.6 Å². The molecule has 0 spiro atoms. The maximum absolute atomic E-state index is 13.2. The first-order chi connectivity index (χ1) is 8.63. The molecular formula is C12H18ClFN2O3. The highest BCUT2D eigenvalue weighted by molar-refractivity contribution is 5.85. The van der Waals surface area contributed by atoms with E-state index in [1.807, 2.05) is 4.90 Å². The fourth-order valence-corrected chi connectivity index (χ4v) is 2.30. The minimum Gasteiger partial charge on any atom is -0.508 e. The van der Waals surface area contributed by atoms with Crippen molar-refractivity contribution in [2.45, 2.75) is 6.04 Å². The molecule has 7 heteroatoms. The highest BCUT2D eigenvalue weighted by Crippen LogP contribution is 2.39. The third kappa shape index (κ3) is 3.40. The van der Waals surface area contributed by atoms with Crippen LogP contribution in [0.4, 0.5) is 4.39 Å². The molecule has 5 nitrogen and oxygen atoms in total. The summed E-state index contributed by atoms with van der Waals surface area (Å²) in [5.74, 6) is -0.811. The molecule has 1 aromatic carbocycles. The van der Waals surface area contributed by atoms with Crippen molar-refractivity contribution in [2.75, 3.05) is 32.9 Å². The molecule has 0 radical (unpaired) electrons. The van der Waals surface area contributed by atoms with Crippen molar-refractivity contribution in [2.24, 2.45) is 0 Å². The standard InChI is InChI=1S/C12H17FN2O3.ClH/c13-7-9(15-3-1-14-2-4-15)12-10(17)5-8(16)6-11(12)18;/h5-6,9,14,16-18H,1-4,7H2;1H/t9-;/m0./s1. The van der Waals surface area contributed by atoms with E-state index in [4.69, 9.17) is 0 Å². The molecule has 108 valence electrons. The Kier molecular flexibility index (Phi) is 5.65. The van der Waals surface area contributed by atoms with Crippen LogP contribution in [0.3, 0.4) is 0 Å². The third-order valence-electron chi connectivity index (χ3n) is 3.19. The van der Waals surface area contributed by atoms with E-state index in [1.54, 1.807) is 0 Å². The van der Waals surface area contributed by atoms with Gasteiger partial charge in [0.2, 0.25) is 0 Å². The molecular weight excluding hydrogens is 275 g/mol. The molecule has 2 rings (SSSR count). The second kappa shape index (κ2) is 6.79. The lowest BCUT2D eigenvalue weighted by molar-refractivity contribution is 0.142. The first-order valence-electron chi connectivity index (χ1n) is 5.89. The Hall–Kier alpha value is -1.24. The lowest BCUT2D eigenvalue weighted by Crippen LogP contribution is -2.45. The van der Waals surface area contributed by atoms with Crippen molar-refractivity contribution < 1.29 is 19.7 Å². The summed E-state index contributed by atoms with van der Waals surface area (Å²) in [4.78, 5) is 1.86. The van der Waals surface area contributed by atoms with Gasteiger partial charge in [0, 0.05) is 38.3 Å². The van der Waals surface area contributed by atoms with E-state index < -0.39 is 12.7 Å². The number of phenolic OH excluding ortho intramolecular Hbond substituents is 3. The van der Waals surface area contributed by atoms with Crippen molar-refractivity contribution in [3.05, 3.63) is 17.7 Å². The number of alkyl halides is 1. The molecule has 1 aliphatic heterocycles. The lowest BCUT2D eigenvalue weighted by Gasteiger charge is -2.34. The summed E-state index contributed by atoms with van der Waals surface area (Å²) in [5.41, 5.74) is 0.136. The normalized spacial score (nSPS) is 17.7. The summed E-state index contributed by atoms with van der Waals surface area (Å²) in [7, 11) is 0. The highest BCUT2D eigenvalue weighted by Gasteiger charge is 2.27. The third-order valence-corrected chi connectivity index (χ3v) is 3.19. The van der Waals surface area contributed by atoms with Gasteiger partial charge in [0.1, 0.15) is 23.9 Å². The number of halogens is 2. The zero-order valence-electron chi connectivity index (χ0n) is 10.3. The van der Waals surface area contributed by atoms with Crippen molar-refractivity contribution >= 4 is 12.4 Å². The minimum absolute atomic E-state index is 0. The number of benzene rings is 1. The van der Waals surface area contributed by atoms with E-state index in [9.17, 15) is 19.7 Å². The summed E-state index contributed by atoms with van der Waals surface area (Å²) in [6.45, 7) is 2.08. The first kappa shape index (κ1) is 15.8. The van der Waals surface area contributed by atoms with Gasteiger partial charge in [0.25, 0.3) is 0 Å². The topological polar surface area (TPSA) is 76.0 Å². The molecule has 1 aromatic rings. The van der Waals surface area contributed by atoms with Crippen molar-refractivity contribution in [3.8, 4) is 17.2 Å². The Morgan fingerprint density at radius 3 is 2.16 bits per heavy atom. The molecule has 1 aliphatic rings. The quantitative estimate of drug-likeness (QED) is 0.672. The SMILES string of the molecule is Cl.Oc1cc(O)c([C@H](CF)N2CCNCC2)c(O)c1. The predicted octanol–water partition coefficient (Wildman–Crippen LogP) is 1.14. The van der Waals surface area contributed by atoms with Crippen LogP contribution in [0.15, 0.2) is 12.1 Å². The van der Waals surface area contributed by atoms with Crippen LogP contribution in [0, 0.1) is 0 Å². The van der Waals surface area contributed by atoms with E-state index in [1.165, 1.54) is 0 Å². The summed E-state index contributed by atoms with van der Waals surface area (Å²) in [6.07, 6.45) is 0. The Bertz CT molecular complexity index is 404. The number of hydrogen-bond acceptors (Lipinski definition) is 5. The van der Waals surface area contributed by atoms with Gasteiger partial charge in [0.05, 0.1) is 11.6 Å². The van der Waals surface area contributed by atoms with Crippen LogP contribution >= 0.6 is 12.4 Å². The molecule has 0 saturated carbocycles. The molecule has 1 atom stereocenters. The summed E-state index contributed by atoms with van der Waals surface area (Å²) >= 11 is 0. The molecule has 1 fully saturated rings. The zero-order valence-corrected chi connectivity index (χ0v) is 11.2. The average Bonchev–Trinajstić information content (AvgIpc) is 2.34. The van der Waals surface area contributed by atoms with Gasteiger partial charge in [-0.1, -0.05) is 0 Å². The van der Waals surface area contributed by atoms with E-state index in [2.05, 4.69) is 5.32 Å². The number of rotatable bonds is 3. The van der Waals surface area contributed by atoms with Gasteiger partial charge in [0.15, 0.2) is 0 Å². The first-order valence-corrected chi connectivity index (χ1v) is 5.89. The Morgan fingerprint density at radius 2 is 1.68 bits per heavy atom. The summed E-state index contributed by atoms with van der Waals surface area (Å²) < 4.78 is 13.2. The number of nitrogens with one attached hydrogen (secondary N) is 1. The summed E-state index contributed by atoms with van der Waals surface area (Å²) in [5, 5.41) is 32.0. The molecule has 0 amide bonds. The smallest absolute Gasteiger partial charge is 0.127 e. The molecule has 1 heterocycles. The monoisotopic (exact) mass is 292 g/mol. The fourth-order valence-electron chi connectivity index (χ4n) is 2.30. The number of hydrogen-bond donors (Lipinski definition) is 4. The van der Waals surface area contributed by atoms with E-state index >= 15 is 0 Å². The average molecular weight is 293 g/mol. The molecule has 0 aliphatic carbocycles. The number of phenols is 3. The van der Waals surface area contributed by atoms with Crippen LogP contribution in [0.1, 0.15) is 11.6 Å². The second-order valence-corrected chi connectivity index (χ2v) is 4.35. The van der Waals surface area contributed by atoms with Crippen LogP contribution in [0.2, 0.25) is 0 Å². The van der Waals surface area contributed by atoms with Crippen molar-refractivity contribution in [1.29, 1.82) is 0 Å². The van der Waals surface area contributed by atoms with E-state index in [0.29, 0.717) is 13.1 Å². The maximum atomic E-state index is 13.2. The van der Waals surface area contributed by atoms with E-state index in [-0.39, 0.29) is 35.2 Å². The van der Waals surface area contributed by atoms with Gasteiger partial charge in [-0.05, 0) is 0 Å². The molecule has 4 N–H and O–H groups in total. The predicted molar refractivity (Wildman–Crippen MR) is 71.8 cm³/mol. The van der Waals surface area contributed by atoms with Crippen LogP contribution in [0.5, 0.6) is 17.2 Å². The molecule has 19 heavy (non-hydrogen) atoms.